The first-order valence-corrected chi connectivity index (χ1v) is 14.5. The molecule has 0 aromatic carbocycles. The number of rotatable bonds is 1. The summed E-state index contributed by atoms with van der Waals surface area (Å²) in [5.41, 5.74) is 1.13. The standard InChI is InChI=1S/C31H50O3/c1-26(2)22-17-25-31(34-25)18-28(5)14-11-19-27(3,4)24(33-8)13-16-29(19,6)20(28)9-10-21(31)30(22,7)15-12-23(26)32/h19-22,24-25H,9-18H2,1-8H3/t19?,20?,21-,22+,24?,25-,28+,29+,30-,31+/m1/s1. The molecule has 6 fully saturated rings. The fourth-order valence-corrected chi connectivity index (χ4v) is 12.2. The molecule has 0 aromatic rings. The molecular weight excluding hydrogens is 420 g/mol. The highest BCUT2D eigenvalue weighted by atomic mass is 16.6. The van der Waals surface area contributed by atoms with Crippen molar-refractivity contribution >= 4 is 5.78 Å². The minimum Gasteiger partial charge on any atom is -0.381 e. The zero-order valence-electron chi connectivity index (χ0n) is 23.3. The first-order chi connectivity index (χ1) is 15.8. The Morgan fingerprint density at radius 2 is 1.47 bits per heavy atom. The smallest absolute Gasteiger partial charge is 0.138 e. The van der Waals surface area contributed by atoms with E-state index < -0.39 is 0 Å². The third-order valence-electron chi connectivity index (χ3n) is 13.8. The van der Waals surface area contributed by atoms with Gasteiger partial charge in [-0.25, -0.2) is 0 Å². The van der Waals surface area contributed by atoms with Crippen LogP contribution in [0.25, 0.3) is 0 Å². The molecule has 0 radical (unpaired) electrons. The third kappa shape index (κ3) is 2.75. The van der Waals surface area contributed by atoms with Crippen molar-refractivity contribution in [3.8, 4) is 0 Å². The Bertz CT molecular complexity index is 891. The van der Waals surface area contributed by atoms with Crippen molar-refractivity contribution in [1.29, 1.82) is 0 Å². The summed E-state index contributed by atoms with van der Waals surface area (Å²) in [5.74, 6) is 3.08. The third-order valence-corrected chi connectivity index (χ3v) is 13.8. The van der Waals surface area contributed by atoms with Crippen LogP contribution in [0.15, 0.2) is 0 Å². The van der Waals surface area contributed by atoms with E-state index in [1.165, 1.54) is 44.9 Å². The van der Waals surface area contributed by atoms with Gasteiger partial charge < -0.3 is 9.47 Å². The second kappa shape index (κ2) is 6.91. The normalized spacial score (nSPS) is 57.2. The monoisotopic (exact) mass is 470 g/mol. The Kier molecular flexibility index (Phi) is 4.87. The van der Waals surface area contributed by atoms with Gasteiger partial charge in [-0.05, 0) is 103 Å². The number of Topliss-reactive ketones (excluding diaryl/α,β-unsaturated/α-hetero) is 1. The maximum Gasteiger partial charge on any atom is 0.138 e. The number of hydrogen-bond donors (Lipinski definition) is 0. The van der Waals surface area contributed by atoms with Crippen LogP contribution in [0.2, 0.25) is 0 Å². The highest BCUT2D eigenvalue weighted by molar-refractivity contribution is 5.85. The Hall–Kier alpha value is -0.410. The maximum absolute atomic E-state index is 13.0. The van der Waals surface area contributed by atoms with E-state index in [9.17, 15) is 4.79 Å². The fourth-order valence-electron chi connectivity index (χ4n) is 12.2. The molecule has 1 aliphatic heterocycles. The van der Waals surface area contributed by atoms with Gasteiger partial charge in [-0.2, -0.15) is 0 Å². The van der Waals surface area contributed by atoms with Gasteiger partial charge in [0.15, 0.2) is 0 Å². The van der Waals surface area contributed by atoms with E-state index in [1.54, 1.807) is 0 Å². The second-order valence-electron chi connectivity index (χ2n) is 15.7. The van der Waals surface area contributed by atoms with Gasteiger partial charge in [0.25, 0.3) is 0 Å². The summed E-state index contributed by atoms with van der Waals surface area (Å²) < 4.78 is 12.9. The van der Waals surface area contributed by atoms with E-state index in [0.717, 1.165) is 31.1 Å². The summed E-state index contributed by atoms with van der Waals surface area (Å²) in [6, 6.07) is 0. The molecule has 3 heteroatoms. The first-order valence-electron chi connectivity index (χ1n) is 14.5. The van der Waals surface area contributed by atoms with Gasteiger partial charge >= 0.3 is 0 Å². The summed E-state index contributed by atoms with van der Waals surface area (Å²) in [7, 11) is 1.93. The Morgan fingerprint density at radius 3 is 2.18 bits per heavy atom. The highest BCUT2D eigenvalue weighted by Crippen LogP contribution is 2.75. The molecule has 5 aliphatic carbocycles. The lowest BCUT2D eigenvalue weighted by Crippen LogP contribution is -2.59. The molecule has 3 nitrogen and oxygen atoms in total. The van der Waals surface area contributed by atoms with Crippen LogP contribution in [0, 0.1) is 50.7 Å². The van der Waals surface area contributed by atoms with Gasteiger partial charge in [0, 0.05) is 18.9 Å². The zero-order chi connectivity index (χ0) is 24.5. The lowest BCUT2D eigenvalue weighted by Gasteiger charge is -2.64. The summed E-state index contributed by atoms with van der Waals surface area (Å²) in [5, 5.41) is 0. The average Bonchev–Trinajstić information content (AvgIpc) is 3.46. The van der Waals surface area contributed by atoms with E-state index in [0.29, 0.717) is 40.7 Å². The number of ether oxygens (including phenoxy) is 2. The Balaban J connectivity index is 1.37. The van der Waals surface area contributed by atoms with E-state index >= 15 is 0 Å². The van der Waals surface area contributed by atoms with Crippen LogP contribution in [0.1, 0.15) is 113 Å². The molecular formula is C31H50O3. The molecule has 0 bridgehead atoms. The summed E-state index contributed by atoms with van der Waals surface area (Å²) in [6.45, 7) is 17.3. The Labute approximate surface area is 208 Å². The minimum absolute atomic E-state index is 0.0909. The number of hydrogen-bond acceptors (Lipinski definition) is 3. The van der Waals surface area contributed by atoms with Gasteiger partial charge in [0.1, 0.15) is 5.78 Å². The van der Waals surface area contributed by atoms with E-state index in [4.69, 9.17) is 9.47 Å². The molecule has 10 atom stereocenters. The van der Waals surface area contributed by atoms with Crippen LogP contribution < -0.4 is 0 Å². The molecule has 5 saturated carbocycles. The molecule has 0 amide bonds. The number of fused-ring (bicyclic) bond motifs is 5. The lowest BCUT2D eigenvalue weighted by atomic mass is 9.41. The van der Waals surface area contributed by atoms with Crippen molar-refractivity contribution in [3.63, 3.8) is 0 Å². The van der Waals surface area contributed by atoms with Crippen molar-refractivity contribution < 1.29 is 14.3 Å². The zero-order valence-corrected chi connectivity index (χ0v) is 23.3. The van der Waals surface area contributed by atoms with Gasteiger partial charge in [0.2, 0.25) is 0 Å². The van der Waals surface area contributed by atoms with Crippen LogP contribution in [0.3, 0.4) is 0 Å². The predicted octanol–water partition coefficient (Wildman–Crippen LogP) is 7.21. The lowest BCUT2D eigenvalue weighted by molar-refractivity contribution is -0.180. The molecule has 1 heterocycles. The summed E-state index contributed by atoms with van der Waals surface area (Å²) in [4.78, 5) is 13.0. The van der Waals surface area contributed by atoms with Gasteiger partial charge in [-0.3, -0.25) is 4.79 Å². The largest absolute Gasteiger partial charge is 0.381 e. The summed E-state index contributed by atoms with van der Waals surface area (Å²) >= 11 is 0. The summed E-state index contributed by atoms with van der Waals surface area (Å²) in [6.07, 6.45) is 12.8. The van der Waals surface area contributed by atoms with Crippen LogP contribution in [0.4, 0.5) is 0 Å². The second-order valence-corrected chi connectivity index (χ2v) is 15.7. The number of carbonyl (C=O) groups excluding carboxylic acids is 1. The van der Waals surface area contributed by atoms with Crippen LogP contribution >= 0.6 is 0 Å². The van der Waals surface area contributed by atoms with E-state index in [-0.39, 0.29) is 21.8 Å². The van der Waals surface area contributed by atoms with Crippen LogP contribution in [0.5, 0.6) is 0 Å². The van der Waals surface area contributed by atoms with E-state index in [2.05, 4.69) is 48.5 Å². The molecule has 6 rings (SSSR count). The van der Waals surface area contributed by atoms with Crippen molar-refractivity contribution in [2.24, 2.45) is 50.7 Å². The topological polar surface area (TPSA) is 38.8 Å². The molecule has 1 spiro atoms. The van der Waals surface area contributed by atoms with Crippen LogP contribution in [-0.4, -0.2) is 30.7 Å². The van der Waals surface area contributed by atoms with Crippen molar-refractivity contribution in [3.05, 3.63) is 0 Å². The van der Waals surface area contributed by atoms with Gasteiger partial charge in [-0.1, -0.05) is 48.5 Å². The molecule has 3 unspecified atom stereocenters. The predicted molar refractivity (Wildman–Crippen MR) is 135 cm³/mol. The SMILES string of the molecule is COC1CC[C@@]2(C)C(CC[C@@]3(C)C[C@@]45O[C@@H]4C[C@H]4C(C)(C)C(=O)CC[C@]4(C)[C@H]5CCC32)C1(C)C. The molecule has 192 valence electrons. The average molecular weight is 471 g/mol. The molecule has 0 aromatic heterocycles. The number of epoxide rings is 1. The quantitative estimate of drug-likeness (QED) is 0.380. The number of ketones is 1. The van der Waals surface area contributed by atoms with Crippen LogP contribution in [-0.2, 0) is 14.3 Å². The first kappa shape index (κ1) is 24.0. The number of carbonyl (C=O) groups is 1. The molecule has 1 saturated heterocycles. The molecule has 0 N–H and O–H groups in total. The van der Waals surface area contributed by atoms with E-state index in [1.807, 2.05) is 7.11 Å². The number of methoxy groups -OCH3 is 1. The van der Waals surface area contributed by atoms with Crippen molar-refractivity contribution in [2.75, 3.05) is 7.11 Å². The highest BCUT2D eigenvalue weighted by Gasteiger charge is 2.76. The molecule has 6 aliphatic rings. The molecule has 34 heavy (non-hydrogen) atoms. The van der Waals surface area contributed by atoms with Crippen molar-refractivity contribution in [1.82, 2.24) is 0 Å². The maximum atomic E-state index is 13.0. The van der Waals surface area contributed by atoms with Gasteiger partial charge in [-0.15, -0.1) is 0 Å². The van der Waals surface area contributed by atoms with Crippen molar-refractivity contribution in [2.45, 2.75) is 130 Å². The minimum atomic E-state index is -0.201. The Morgan fingerprint density at radius 1 is 0.794 bits per heavy atom. The van der Waals surface area contributed by atoms with Gasteiger partial charge in [0.05, 0.1) is 17.8 Å². The fraction of sp³-hybridized carbons (Fsp3) is 0.968.